The van der Waals surface area contributed by atoms with Gasteiger partial charge in [0.2, 0.25) is 0 Å². The summed E-state index contributed by atoms with van der Waals surface area (Å²) in [6, 6.07) is 6.39. The van der Waals surface area contributed by atoms with Gasteiger partial charge in [-0.3, -0.25) is 19.6 Å². The monoisotopic (exact) mass is 458 g/mol. The summed E-state index contributed by atoms with van der Waals surface area (Å²) in [7, 11) is 0. The fourth-order valence-corrected chi connectivity index (χ4v) is 1.93. The third-order valence-electron chi connectivity index (χ3n) is 3.26. The van der Waals surface area contributed by atoms with Crippen LogP contribution in [-0.4, -0.2) is 60.0 Å². The molecule has 30 heavy (non-hydrogen) atoms. The number of pyridine rings is 2. The number of rotatable bonds is 8. The van der Waals surface area contributed by atoms with Crippen LogP contribution in [0.5, 0.6) is 0 Å². The molecule has 0 bridgehead atoms. The summed E-state index contributed by atoms with van der Waals surface area (Å²) in [5.74, 6) is -3.13. The second-order valence-electron chi connectivity index (χ2n) is 5.27. The van der Waals surface area contributed by atoms with Gasteiger partial charge in [0.25, 0.3) is 11.8 Å². The SMILES string of the molecule is Cl.Cl.O=C(OCCNC(=O)c1cccnc1)C(=O)OCCNC(=O)c1cccnc1. The van der Waals surface area contributed by atoms with Crippen molar-refractivity contribution < 1.29 is 28.7 Å². The van der Waals surface area contributed by atoms with Crippen LogP contribution in [0.15, 0.2) is 49.1 Å². The summed E-state index contributed by atoms with van der Waals surface area (Å²) in [5.41, 5.74) is 0.725. The van der Waals surface area contributed by atoms with Crippen LogP contribution in [0, 0.1) is 0 Å². The van der Waals surface area contributed by atoms with Crippen molar-refractivity contribution in [2.75, 3.05) is 26.3 Å². The molecule has 2 N–H and O–H groups in total. The topological polar surface area (TPSA) is 137 Å². The maximum absolute atomic E-state index is 11.7. The van der Waals surface area contributed by atoms with Gasteiger partial charge in [-0.2, -0.15) is 0 Å². The number of halogens is 2. The lowest BCUT2D eigenvalue weighted by Crippen LogP contribution is -2.31. The summed E-state index contributed by atoms with van der Waals surface area (Å²) >= 11 is 0. The van der Waals surface area contributed by atoms with E-state index < -0.39 is 11.9 Å². The van der Waals surface area contributed by atoms with E-state index in [1.807, 2.05) is 0 Å². The molecule has 0 atom stereocenters. The minimum atomic E-state index is -1.19. The first-order valence-corrected chi connectivity index (χ1v) is 8.28. The zero-order valence-electron chi connectivity index (χ0n) is 15.6. The summed E-state index contributed by atoms with van der Waals surface area (Å²) in [6.45, 7) is -0.350. The number of aromatic nitrogens is 2. The molecule has 0 aliphatic heterocycles. The molecule has 162 valence electrons. The van der Waals surface area contributed by atoms with Crippen molar-refractivity contribution in [1.82, 2.24) is 20.6 Å². The van der Waals surface area contributed by atoms with Crippen LogP contribution in [0.25, 0.3) is 0 Å². The lowest BCUT2D eigenvalue weighted by Gasteiger charge is -2.08. The Morgan fingerprint density at radius 1 is 0.733 bits per heavy atom. The van der Waals surface area contributed by atoms with E-state index in [-0.39, 0.29) is 62.9 Å². The number of hydrogen-bond acceptors (Lipinski definition) is 8. The van der Waals surface area contributed by atoms with Gasteiger partial charge in [0, 0.05) is 24.8 Å². The molecule has 12 heteroatoms. The van der Waals surface area contributed by atoms with Crippen LogP contribution in [0.2, 0.25) is 0 Å². The van der Waals surface area contributed by atoms with E-state index in [9.17, 15) is 19.2 Å². The van der Waals surface area contributed by atoms with Crippen molar-refractivity contribution in [3.05, 3.63) is 60.2 Å². The molecule has 2 heterocycles. The molecule has 0 aliphatic carbocycles. The third kappa shape index (κ3) is 9.30. The third-order valence-corrected chi connectivity index (χ3v) is 3.26. The smallest absolute Gasteiger partial charge is 0.417 e. The van der Waals surface area contributed by atoms with E-state index in [4.69, 9.17) is 9.47 Å². The molecule has 2 aromatic heterocycles. The Morgan fingerprint density at radius 3 is 1.47 bits per heavy atom. The zero-order chi connectivity index (χ0) is 20.2. The Hall–Kier alpha value is -3.24. The summed E-state index contributed by atoms with van der Waals surface area (Å²) in [4.78, 5) is 54.1. The van der Waals surface area contributed by atoms with E-state index >= 15 is 0 Å². The maximum atomic E-state index is 11.7. The largest absolute Gasteiger partial charge is 0.455 e. The van der Waals surface area contributed by atoms with Crippen molar-refractivity contribution in [3.8, 4) is 0 Å². The number of carbonyl (C=O) groups excluding carboxylic acids is 4. The Morgan fingerprint density at radius 2 is 1.13 bits per heavy atom. The maximum Gasteiger partial charge on any atom is 0.417 e. The first-order valence-electron chi connectivity index (χ1n) is 8.28. The Balaban J connectivity index is 0.00000420. The number of nitrogens with zero attached hydrogens (tertiary/aromatic N) is 2. The number of hydrogen-bond donors (Lipinski definition) is 2. The van der Waals surface area contributed by atoms with Crippen molar-refractivity contribution in [2.45, 2.75) is 0 Å². The van der Waals surface area contributed by atoms with Gasteiger partial charge in [-0.25, -0.2) is 9.59 Å². The van der Waals surface area contributed by atoms with Crippen LogP contribution in [0.1, 0.15) is 20.7 Å². The van der Waals surface area contributed by atoms with Gasteiger partial charge in [0.15, 0.2) is 0 Å². The molecule has 10 nitrogen and oxygen atoms in total. The highest BCUT2D eigenvalue weighted by atomic mass is 35.5. The first kappa shape index (κ1) is 26.8. The van der Waals surface area contributed by atoms with Crippen LogP contribution in [0.4, 0.5) is 0 Å². The number of ether oxygens (including phenoxy) is 2. The van der Waals surface area contributed by atoms with E-state index in [1.165, 1.54) is 24.8 Å². The molecule has 2 rings (SSSR count). The molecule has 0 saturated carbocycles. The Kier molecular flexibility index (Phi) is 13.1. The molecule has 2 aromatic rings. The number of amides is 2. The second-order valence-corrected chi connectivity index (χ2v) is 5.27. The molecule has 0 fully saturated rings. The number of esters is 2. The van der Waals surface area contributed by atoms with Gasteiger partial charge in [-0.05, 0) is 24.3 Å². The number of nitrogens with one attached hydrogen (secondary N) is 2. The van der Waals surface area contributed by atoms with Gasteiger partial charge >= 0.3 is 11.9 Å². The second kappa shape index (κ2) is 14.7. The van der Waals surface area contributed by atoms with Crippen LogP contribution in [-0.2, 0) is 19.1 Å². The molecule has 0 unspecified atom stereocenters. The average Bonchev–Trinajstić information content (AvgIpc) is 2.74. The molecule has 0 radical (unpaired) electrons. The molecular weight excluding hydrogens is 439 g/mol. The standard InChI is InChI=1S/C18H18N4O6.2ClH/c23-15(13-3-1-5-19-11-13)21-7-9-27-17(25)18(26)28-10-8-22-16(24)14-4-2-6-20-12-14;;/h1-6,11-12H,7-10H2,(H,21,23)(H,22,24);2*1H. The van der Waals surface area contributed by atoms with Gasteiger partial charge < -0.3 is 20.1 Å². The highest BCUT2D eigenvalue weighted by Gasteiger charge is 2.17. The normalized spacial score (nSPS) is 9.20. The minimum absolute atomic E-state index is 0. The summed E-state index contributed by atoms with van der Waals surface area (Å²) in [6.07, 6.45) is 5.86. The fourth-order valence-electron chi connectivity index (χ4n) is 1.93. The van der Waals surface area contributed by atoms with Crippen molar-refractivity contribution in [3.63, 3.8) is 0 Å². The molecule has 0 aliphatic rings. The highest BCUT2D eigenvalue weighted by molar-refractivity contribution is 6.29. The van der Waals surface area contributed by atoms with Crippen LogP contribution >= 0.6 is 24.8 Å². The molecule has 0 spiro atoms. The predicted molar refractivity (Wildman–Crippen MR) is 110 cm³/mol. The Bertz CT molecular complexity index is 754. The molecular formula is C18H20Cl2N4O6. The van der Waals surface area contributed by atoms with Gasteiger partial charge in [-0.1, -0.05) is 0 Å². The van der Waals surface area contributed by atoms with Crippen molar-refractivity contribution >= 4 is 48.6 Å². The minimum Gasteiger partial charge on any atom is -0.455 e. The molecule has 0 aromatic carbocycles. The van der Waals surface area contributed by atoms with Crippen molar-refractivity contribution in [2.24, 2.45) is 0 Å². The first-order chi connectivity index (χ1) is 13.6. The zero-order valence-corrected chi connectivity index (χ0v) is 17.2. The highest BCUT2D eigenvalue weighted by Crippen LogP contribution is 1.95. The molecule has 0 saturated heterocycles. The van der Waals surface area contributed by atoms with E-state index in [0.29, 0.717) is 11.1 Å². The molecule has 2 amide bonds. The summed E-state index contributed by atoms with van der Waals surface area (Å²) < 4.78 is 9.40. The lowest BCUT2D eigenvalue weighted by molar-refractivity contribution is -0.167. The van der Waals surface area contributed by atoms with E-state index in [0.717, 1.165) is 0 Å². The van der Waals surface area contributed by atoms with Crippen LogP contribution in [0.3, 0.4) is 0 Å². The lowest BCUT2D eigenvalue weighted by atomic mass is 10.3. The quantitative estimate of drug-likeness (QED) is 0.332. The van der Waals surface area contributed by atoms with Gasteiger partial charge in [0.05, 0.1) is 24.2 Å². The Labute approximate surface area is 184 Å². The average molecular weight is 459 g/mol. The van der Waals surface area contributed by atoms with Gasteiger partial charge in [-0.15, -0.1) is 24.8 Å². The predicted octanol–water partition coefficient (Wildman–Crippen LogP) is 0.566. The van der Waals surface area contributed by atoms with Crippen molar-refractivity contribution in [1.29, 1.82) is 0 Å². The number of carbonyl (C=O) groups is 4. The summed E-state index contributed by atoms with van der Waals surface area (Å²) in [5, 5.41) is 5.03. The fraction of sp³-hybridized carbons (Fsp3) is 0.222. The van der Waals surface area contributed by atoms with Crippen LogP contribution < -0.4 is 10.6 Å². The van der Waals surface area contributed by atoms with E-state index in [2.05, 4.69) is 20.6 Å². The van der Waals surface area contributed by atoms with E-state index in [1.54, 1.807) is 24.3 Å². The van der Waals surface area contributed by atoms with Gasteiger partial charge in [0.1, 0.15) is 13.2 Å².